The zero-order chi connectivity index (χ0) is 89.6. The molecule has 0 N–H and O–H groups in total. The molecular weight excluding hydrogens is 1930 g/mol. The summed E-state index contributed by atoms with van der Waals surface area (Å²) in [6.07, 6.45) is -141. The molecule has 0 bridgehead atoms. The van der Waals surface area contributed by atoms with Gasteiger partial charge >= 0.3 is 126 Å². The number of rotatable bonds is 20. The Hall–Kier alpha value is -5.81. The van der Waals surface area contributed by atoms with Gasteiger partial charge in [0.1, 0.15) is 6.15 Å². The van der Waals surface area contributed by atoms with Gasteiger partial charge in [-0.2, -0.15) is 233 Å². The molecule has 0 heterocycles. The Bertz CT molecular complexity index is 3170. The Morgan fingerprint density at radius 1 is 0.149 bits per heavy atom. The van der Waals surface area contributed by atoms with Crippen LogP contribution in [0, 0.1) is 0 Å². The molecule has 650 valence electrons. The third-order valence-corrected chi connectivity index (χ3v) is 17.9. The molecule has 0 amide bonds. The summed E-state index contributed by atoms with van der Waals surface area (Å²) >= 11 is 0. The predicted molar refractivity (Wildman–Crippen MR) is 282 cm³/mol. The molecule has 0 aliphatic carbocycles. The van der Waals surface area contributed by atoms with Gasteiger partial charge in [-0.3, -0.25) is 0 Å². The molecule has 0 aliphatic heterocycles. The normalized spacial score (nSPS) is 15.6. The van der Waals surface area contributed by atoms with E-state index < -0.39 is 346 Å². The molecule has 0 fully saturated rings. The summed E-state index contributed by atoms with van der Waals surface area (Å²) in [6, 6.07) is -26.4. The fraction of sp³-hybridized carbons (Fsp3) is 0.571. The van der Waals surface area contributed by atoms with E-state index in [-0.39, 0.29) is 27.3 Å². The second-order valence-corrected chi connectivity index (χ2v) is 23.3. The van der Waals surface area contributed by atoms with Crippen molar-refractivity contribution in [1.82, 2.24) is 0 Å². The summed E-state index contributed by atoms with van der Waals surface area (Å²) in [6.45, 7) is 0. The monoisotopic (exact) mass is 1960 g/mol. The molecule has 8 nitrogen and oxygen atoms in total. The van der Waals surface area contributed by atoms with Crippen molar-refractivity contribution in [2.45, 2.75) is 144 Å². The van der Waals surface area contributed by atoms with Crippen LogP contribution in [0.4, 0.5) is 211 Å². The van der Waals surface area contributed by atoms with E-state index in [1.807, 2.05) is 0 Å². The minimum absolute atomic E-state index is 0. The first-order valence-corrected chi connectivity index (χ1v) is 28.1. The number of methoxy groups -OCH3 is 8. The molecule has 0 spiro atoms. The van der Waals surface area contributed by atoms with Gasteiger partial charge in [-0.25, -0.2) is 0 Å². The summed E-state index contributed by atoms with van der Waals surface area (Å²) in [5.74, 6) is 0. The summed E-state index contributed by atoms with van der Waals surface area (Å²) < 4.78 is 792. The molecule has 0 saturated carbocycles. The Morgan fingerprint density at radius 3 is 0.272 bits per heavy atom. The molecule has 0 aromatic heterocycles. The SMILES string of the molecule is COC(c1cc([B-](c2cc(C(OC)(C(F)(F)F)C(F)(F)F)cc(C(OC)(C(F)(F)F)C(F)(F)F)c2)(c2cc(C(OC)(C(F)(F)F)C(F)(F)F)cc(C(OC)(C(F)(F)F)C(F)(F)F)c2)c2cc(C(OC)(C(F)(F)F)C(F)(F)F)cc(C(OC)(C(F)(F)F)C(F)(F)F)c2)cc(C(OC)(C(F)(F)F)C(F)(F)F)c1)(C(F)(F)F)C(F)(F)F.[Tl+]. The van der Waals surface area contributed by atoms with Gasteiger partial charge < -0.3 is 37.9 Å². The van der Waals surface area contributed by atoms with Crippen molar-refractivity contribution in [3.05, 3.63) is 117 Å². The van der Waals surface area contributed by atoms with Gasteiger partial charge in [-0.05, 0) is 68.8 Å². The van der Waals surface area contributed by atoms with E-state index in [9.17, 15) is 0 Å². The van der Waals surface area contributed by atoms with Gasteiger partial charge in [0, 0.05) is 56.9 Å². The zero-order valence-electron chi connectivity index (χ0n) is 55.5. The van der Waals surface area contributed by atoms with Gasteiger partial charge in [0.2, 0.25) is 0 Å². The minimum Gasteiger partial charge on any atom is -0.357 e. The van der Waals surface area contributed by atoms with Crippen LogP contribution in [-0.4, -0.2) is 189 Å². The number of halogens is 48. The minimum atomic E-state index is -8.82. The molecule has 114 heavy (non-hydrogen) atoms. The second-order valence-electron chi connectivity index (χ2n) is 23.3. The van der Waals surface area contributed by atoms with Crippen LogP contribution in [0.3, 0.4) is 0 Å². The molecule has 58 heteroatoms. The molecule has 0 radical (unpaired) electrons. The third-order valence-electron chi connectivity index (χ3n) is 17.9. The van der Waals surface area contributed by atoms with Crippen LogP contribution in [0.2, 0.25) is 0 Å². The summed E-state index contributed by atoms with van der Waals surface area (Å²) in [5, 5.41) is 0. The fourth-order valence-electron chi connectivity index (χ4n) is 13.1. The van der Waals surface area contributed by atoms with Gasteiger partial charge in [0.15, 0.2) is 0 Å². The van der Waals surface area contributed by atoms with Crippen molar-refractivity contribution in [3.8, 4) is 0 Å². The van der Waals surface area contributed by atoms with Crippen molar-refractivity contribution < 1.29 is 249 Å². The first kappa shape index (κ1) is 102. The van der Waals surface area contributed by atoms with Crippen molar-refractivity contribution in [3.63, 3.8) is 0 Å². The molecule has 0 unspecified atom stereocenters. The van der Waals surface area contributed by atoms with Crippen LogP contribution < -0.4 is 21.9 Å². The van der Waals surface area contributed by atoms with Crippen molar-refractivity contribution in [2.75, 3.05) is 56.9 Å². The fourth-order valence-corrected chi connectivity index (χ4v) is 13.1. The molecule has 0 aliphatic rings. The maximum absolute atomic E-state index is 15.9. The molecule has 4 aromatic carbocycles. The van der Waals surface area contributed by atoms with Crippen LogP contribution in [0.5, 0.6) is 0 Å². The summed E-state index contributed by atoms with van der Waals surface area (Å²) in [5.41, 5.74) is -112. The zero-order valence-corrected chi connectivity index (χ0v) is 60.0. The Labute approximate surface area is 620 Å². The van der Waals surface area contributed by atoms with E-state index in [0.29, 0.717) is 0 Å². The van der Waals surface area contributed by atoms with Gasteiger partial charge in [0.05, 0.1) is 0 Å². The Balaban J connectivity index is 0.0000336. The molecule has 4 rings (SSSR count). The topological polar surface area (TPSA) is 73.8 Å². The van der Waals surface area contributed by atoms with Gasteiger partial charge in [0.25, 0.3) is 44.8 Å². The maximum atomic E-state index is 15.9. The van der Waals surface area contributed by atoms with Crippen molar-refractivity contribution >= 4 is 55.3 Å². The summed E-state index contributed by atoms with van der Waals surface area (Å²) in [4.78, 5) is 0. The largest absolute Gasteiger partial charge is 1.00 e. The standard InChI is InChI=1S/C56H36BF48O8.Tl/c1-106-33(41(58,59)60,42(61,62)63)21-9-22(34(107-2,43(64,65)66)44(67,68)69)14-29(13-21)57(30-15-23(35(108-3,45(70,71)72)46(73,74)75)10-24(16-30)36(109-4,47(76,77)78)48(79,80)81,31-17-25(37(110-5,49(82,83)84)50(85,86)87)11-26(18-31)38(111-6,51(88,89)90)52(91,92)93)32-19-27(39(112-7,53(94,95)96)54(97,98)99)12-28(20-32)40(113-8,55(100,101)102)56(103,104)105;/h9-20H,1-8H3;/q-1;+1. The average molecular weight is 1960 g/mol. The molecule has 0 atom stereocenters. The number of ether oxygens (including phenoxy) is 8. The van der Waals surface area contributed by atoms with Crippen LogP contribution in [0.1, 0.15) is 44.5 Å². The average Bonchev–Trinajstić information content (AvgIpc) is 0.677. The summed E-state index contributed by atoms with van der Waals surface area (Å²) in [7, 11) is -9.70. The Morgan fingerprint density at radius 2 is 0.219 bits per heavy atom. The third kappa shape index (κ3) is 14.8. The van der Waals surface area contributed by atoms with Gasteiger partial charge in [-0.1, -0.05) is 48.5 Å². The van der Waals surface area contributed by atoms with Crippen molar-refractivity contribution in [2.24, 2.45) is 0 Å². The second kappa shape index (κ2) is 30.2. The molecular formula is C56H36BF48O8Tl. The van der Waals surface area contributed by atoms with Crippen LogP contribution >= 0.6 is 0 Å². The van der Waals surface area contributed by atoms with Crippen LogP contribution in [0.25, 0.3) is 0 Å². The maximum Gasteiger partial charge on any atom is 1.00 e. The Kier molecular flexibility index (Phi) is 27.1. The van der Waals surface area contributed by atoms with Crippen molar-refractivity contribution in [1.29, 1.82) is 0 Å². The van der Waals surface area contributed by atoms with Gasteiger partial charge in [-0.15, -0.1) is 0 Å². The first-order valence-electron chi connectivity index (χ1n) is 28.1. The van der Waals surface area contributed by atoms with E-state index in [1.54, 1.807) is 0 Å². The number of alkyl halides is 48. The van der Waals surface area contributed by atoms with Crippen LogP contribution in [0.15, 0.2) is 72.8 Å². The molecule has 4 aromatic rings. The first-order chi connectivity index (χ1) is 49.7. The number of hydrogen-bond acceptors (Lipinski definition) is 8. The van der Waals surface area contributed by atoms with E-state index in [2.05, 4.69) is 37.9 Å². The number of hydrogen-bond donors (Lipinski definition) is 0. The van der Waals surface area contributed by atoms with E-state index >= 15 is 211 Å². The number of benzene rings is 4. The predicted octanol–water partition coefficient (Wildman–Crippen LogP) is 18.4. The van der Waals surface area contributed by atoms with E-state index in [1.165, 1.54) is 0 Å². The van der Waals surface area contributed by atoms with Crippen LogP contribution in [-0.2, 0) is 82.7 Å². The quantitative estimate of drug-likeness (QED) is 0.0640. The molecule has 0 saturated heterocycles. The van der Waals surface area contributed by atoms with E-state index in [4.69, 9.17) is 0 Å². The smallest absolute Gasteiger partial charge is 0.357 e. The van der Waals surface area contributed by atoms with E-state index in [0.717, 1.165) is 0 Å².